The number of aromatic nitrogens is 1. The summed E-state index contributed by atoms with van der Waals surface area (Å²) in [6.07, 6.45) is 0.202. The molecule has 1 heterocycles. The van der Waals surface area contributed by atoms with Gasteiger partial charge in [0, 0.05) is 57.7 Å². The second kappa shape index (κ2) is 20.0. The quantitative estimate of drug-likeness (QED) is 0.0455. The topological polar surface area (TPSA) is 148 Å². The molecule has 3 amide bonds. The van der Waals surface area contributed by atoms with Crippen molar-refractivity contribution in [3.63, 3.8) is 0 Å². The summed E-state index contributed by atoms with van der Waals surface area (Å²) in [5, 5.41) is 9.65. The van der Waals surface area contributed by atoms with E-state index in [0.717, 1.165) is 44.3 Å². The number of H-pyrrole nitrogens is 1. The van der Waals surface area contributed by atoms with Gasteiger partial charge in [0.25, 0.3) is 0 Å². The molecule has 342 valence electrons. The van der Waals surface area contributed by atoms with E-state index in [1.54, 1.807) is 45.2 Å². The van der Waals surface area contributed by atoms with E-state index >= 15 is 4.79 Å². The highest BCUT2D eigenvalue weighted by Gasteiger charge is 2.44. The lowest BCUT2D eigenvalue weighted by atomic mass is 9.79. The maximum absolute atomic E-state index is 15.1. The normalized spacial score (nSPS) is 13.9. The number of hydrogen-bond donors (Lipinski definition) is 4. The Morgan fingerprint density at radius 2 is 1.28 bits per heavy atom. The molecule has 12 heteroatoms. The number of carbonyl (C=O) groups is 4. The summed E-state index contributed by atoms with van der Waals surface area (Å²) in [4.78, 5) is 60.1. The van der Waals surface area contributed by atoms with Crippen LogP contribution >= 0.6 is 11.6 Å². The van der Waals surface area contributed by atoms with Crippen LogP contribution in [0.25, 0.3) is 22.0 Å². The van der Waals surface area contributed by atoms with Crippen molar-refractivity contribution in [2.75, 3.05) is 13.2 Å². The number of fused-ring (bicyclic) bond motifs is 4. The van der Waals surface area contributed by atoms with E-state index in [2.05, 4.69) is 33.1 Å². The Morgan fingerprint density at radius 1 is 0.672 bits per heavy atom. The van der Waals surface area contributed by atoms with Crippen LogP contribution in [0.1, 0.15) is 72.1 Å². The van der Waals surface area contributed by atoms with Gasteiger partial charge in [-0.2, -0.15) is 0 Å². The van der Waals surface area contributed by atoms with Crippen molar-refractivity contribution in [2.24, 2.45) is 0 Å². The van der Waals surface area contributed by atoms with Crippen molar-refractivity contribution < 1.29 is 33.4 Å². The maximum atomic E-state index is 15.1. The Bertz CT molecular complexity index is 2850. The van der Waals surface area contributed by atoms with E-state index in [1.807, 2.05) is 128 Å². The third-order valence-electron chi connectivity index (χ3n) is 11.9. The van der Waals surface area contributed by atoms with Gasteiger partial charge in [0.2, 0.25) is 5.91 Å². The molecule has 1 aromatic heterocycles. The molecule has 67 heavy (non-hydrogen) atoms. The Hall–Kier alpha value is -7.37. The Balaban J connectivity index is 1.12. The van der Waals surface area contributed by atoms with Gasteiger partial charge in [0.1, 0.15) is 24.3 Å². The average molecular weight is 918 g/mol. The van der Waals surface area contributed by atoms with Crippen LogP contribution in [0.5, 0.6) is 0 Å². The van der Waals surface area contributed by atoms with Gasteiger partial charge in [-0.05, 0) is 74.1 Å². The summed E-state index contributed by atoms with van der Waals surface area (Å²) >= 11 is 7.00. The van der Waals surface area contributed by atoms with Crippen molar-refractivity contribution >= 4 is 46.6 Å². The number of hydrogen-bond acceptors (Lipinski definition) is 7. The molecule has 3 unspecified atom stereocenters. The van der Waals surface area contributed by atoms with Crippen molar-refractivity contribution in [1.82, 2.24) is 20.9 Å². The Kier molecular flexibility index (Phi) is 13.8. The molecule has 7 aromatic rings. The van der Waals surface area contributed by atoms with Gasteiger partial charge >= 0.3 is 18.2 Å². The van der Waals surface area contributed by atoms with Gasteiger partial charge in [-0.15, -0.1) is 0 Å². The number of aryl methyl sites for hydroxylation is 1. The van der Waals surface area contributed by atoms with Gasteiger partial charge in [-0.3, -0.25) is 4.79 Å². The summed E-state index contributed by atoms with van der Waals surface area (Å²) in [5.74, 6) is -1.72. The number of esters is 1. The first kappa shape index (κ1) is 46.2. The molecule has 11 nitrogen and oxygen atoms in total. The number of nitrogens with one attached hydrogen (secondary N) is 4. The van der Waals surface area contributed by atoms with Gasteiger partial charge in [-0.1, -0.05) is 157 Å². The number of aromatic amines is 1. The Labute approximate surface area is 395 Å². The van der Waals surface area contributed by atoms with Crippen LogP contribution in [0.3, 0.4) is 0 Å². The van der Waals surface area contributed by atoms with Crippen LogP contribution in [-0.2, 0) is 35.8 Å². The smallest absolute Gasteiger partial charge is 0.407 e. The predicted octanol–water partition coefficient (Wildman–Crippen LogP) is 10.5. The largest absolute Gasteiger partial charge is 0.449 e. The van der Waals surface area contributed by atoms with E-state index < -0.39 is 47.3 Å². The van der Waals surface area contributed by atoms with Crippen molar-refractivity contribution in [2.45, 2.75) is 69.7 Å². The fourth-order valence-corrected chi connectivity index (χ4v) is 9.02. The standard InChI is InChI=1S/C55H53ClN4O7/c1-35-26-28-38(29-27-35)55(37-16-6-5-7-17-37,45-23-13-14-24-46(45)56)66-51(62)48(30-31-57-52(63)67-54(2,3)4)59-50(61)49(32-36-33-58-47-25-15-12-18-39(36)47)60-53(64)65-34-44-42-21-10-8-19-40(42)41-20-9-11-22-43(41)44/h5-29,33,44,48-49,58H,30-32,34H2,1-4H3,(H,57,63)(H,59,61)(H,60,64). The molecule has 0 spiro atoms. The number of alkyl carbamates (subject to hydrolysis) is 2. The Morgan fingerprint density at radius 3 is 1.97 bits per heavy atom. The molecule has 6 aromatic carbocycles. The number of rotatable bonds is 15. The molecule has 0 bridgehead atoms. The molecule has 0 saturated carbocycles. The van der Waals surface area contributed by atoms with E-state index in [-0.39, 0.29) is 31.9 Å². The lowest BCUT2D eigenvalue weighted by Crippen LogP contribution is -2.54. The second-order valence-corrected chi connectivity index (χ2v) is 18.1. The summed E-state index contributed by atoms with van der Waals surface area (Å²) in [6.45, 7) is 7.13. The minimum absolute atomic E-state index is 0.0230. The van der Waals surface area contributed by atoms with E-state index in [9.17, 15) is 14.4 Å². The predicted molar refractivity (Wildman–Crippen MR) is 260 cm³/mol. The highest BCUT2D eigenvalue weighted by molar-refractivity contribution is 6.31. The molecule has 8 rings (SSSR count). The molecular weight excluding hydrogens is 864 g/mol. The zero-order valence-corrected chi connectivity index (χ0v) is 38.6. The van der Waals surface area contributed by atoms with Crippen LogP contribution in [0.4, 0.5) is 9.59 Å². The molecule has 1 aliphatic rings. The van der Waals surface area contributed by atoms with Crippen molar-refractivity contribution in [3.8, 4) is 11.1 Å². The van der Waals surface area contributed by atoms with Crippen LogP contribution < -0.4 is 16.0 Å². The van der Waals surface area contributed by atoms with E-state index in [1.165, 1.54) is 0 Å². The zero-order chi connectivity index (χ0) is 47.1. The average Bonchev–Trinajstić information content (AvgIpc) is 3.88. The molecule has 1 aliphatic carbocycles. The second-order valence-electron chi connectivity index (χ2n) is 17.7. The maximum Gasteiger partial charge on any atom is 0.407 e. The molecule has 0 fully saturated rings. The lowest BCUT2D eigenvalue weighted by Gasteiger charge is -2.37. The first-order valence-corrected chi connectivity index (χ1v) is 22.7. The SMILES string of the molecule is Cc1ccc(C(OC(=O)C(CCNC(=O)OC(C)(C)C)NC(=O)C(Cc2c[nH]c3ccccc23)NC(=O)OCC2c3ccccc3-c3ccccc32)(c2ccccc2)c2ccccc2Cl)cc1. The number of carbonyl (C=O) groups excluding carboxylic acids is 4. The van der Waals surface area contributed by atoms with Crippen molar-refractivity contribution in [1.29, 1.82) is 0 Å². The van der Waals surface area contributed by atoms with Gasteiger partial charge < -0.3 is 35.1 Å². The summed E-state index contributed by atoms with van der Waals surface area (Å²) < 4.78 is 18.2. The highest BCUT2D eigenvalue weighted by Crippen LogP contribution is 2.45. The molecular formula is C55H53ClN4O7. The minimum Gasteiger partial charge on any atom is -0.449 e. The van der Waals surface area contributed by atoms with Gasteiger partial charge in [0.05, 0.1) is 0 Å². The number of ether oxygens (including phenoxy) is 3. The summed E-state index contributed by atoms with van der Waals surface area (Å²) in [7, 11) is 0. The fraction of sp³-hybridized carbons (Fsp3) is 0.236. The summed E-state index contributed by atoms with van der Waals surface area (Å²) in [5.41, 5.74) is 6.15. The minimum atomic E-state index is -1.60. The molecule has 0 radical (unpaired) electrons. The first-order valence-electron chi connectivity index (χ1n) is 22.3. The third kappa shape index (κ3) is 10.4. The van der Waals surface area contributed by atoms with Crippen LogP contribution in [0, 0.1) is 6.92 Å². The number of amides is 3. The van der Waals surface area contributed by atoms with Crippen LogP contribution in [-0.4, -0.2) is 59.9 Å². The number of para-hydroxylation sites is 1. The number of benzene rings is 6. The van der Waals surface area contributed by atoms with Gasteiger partial charge in [-0.25, -0.2) is 14.4 Å². The highest BCUT2D eigenvalue weighted by atomic mass is 35.5. The van der Waals surface area contributed by atoms with Crippen LogP contribution in [0.2, 0.25) is 5.02 Å². The van der Waals surface area contributed by atoms with Crippen molar-refractivity contribution in [3.05, 3.63) is 202 Å². The van der Waals surface area contributed by atoms with E-state index in [4.69, 9.17) is 25.8 Å². The van der Waals surface area contributed by atoms with Gasteiger partial charge in [0.15, 0.2) is 5.60 Å². The summed E-state index contributed by atoms with van der Waals surface area (Å²) in [6, 6.07) is 45.1. The number of halogens is 1. The lowest BCUT2D eigenvalue weighted by molar-refractivity contribution is -0.157. The van der Waals surface area contributed by atoms with E-state index in [0.29, 0.717) is 21.7 Å². The third-order valence-corrected chi connectivity index (χ3v) is 12.2. The fourth-order valence-electron chi connectivity index (χ4n) is 8.75. The first-order chi connectivity index (χ1) is 32.3. The molecule has 0 aliphatic heterocycles. The molecule has 4 N–H and O–H groups in total. The zero-order valence-electron chi connectivity index (χ0n) is 37.8. The van der Waals surface area contributed by atoms with Crippen LogP contribution in [0.15, 0.2) is 158 Å². The molecule has 0 saturated heterocycles. The molecule has 3 atom stereocenters. The monoisotopic (exact) mass is 916 g/mol.